The van der Waals surface area contributed by atoms with E-state index in [1.54, 1.807) is 16.4 Å². The lowest BCUT2D eigenvalue weighted by atomic mass is 9.95. The quantitative estimate of drug-likeness (QED) is 0.783. The highest BCUT2D eigenvalue weighted by Gasteiger charge is 2.47. The molecule has 1 aromatic heterocycles. The third-order valence-electron chi connectivity index (χ3n) is 6.88. The first-order chi connectivity index (χ1) is 14.5. The Morgan fingerprint density at radius 3 is 2.50 bits per heavy atom. The number of nitrogens with zero attached hydrogens (tertiary/aromatic N) is 3. The predicted octanol–water partition coefficient (Wildman–Crippen LogP) is 2.09. The summed E-state index contributed by atoms with van der Waals surface area (Å²) in [6.07, 6.45) is 4.36. The van der Waals surface area contributed by atoms with Crippen molar-refractivity contribution in [2.45, 2.75) is 39.3 Å². The van der Waals surface area contributed by atoms with Gasteiger partial charge in [0.05, 0.1) is 0 Å². The van der Waals surface area contributed by atoms with Crippen LogP contribution in [-0.4, -0.2) is 45.8 Å². The standard InChI is InChI=1S/C24H27N3O3/c1-16(28)25-10-8-21-20(14-25)15-26(9-7-17-5-3-2-4-6-17)23(29)22(21)24(30)27-12-18-11-19(18)13-27/h2-6,15,18-19H,7-14H2,1H3/t18-,19+. The Balaban J connectivity index is 1.50. The van der Waals surface area contributed by atoms with E-state index in [0.29, 0.717) is 43.5 Å². The summed E-state index contributed by atoms with van der Waals surface area (Å²) >= 11 is 0. The summed E-state index contributed by atoms with van der Waals surface area (Å²) in [7, 11) is 0. The van der Waals surface area contributed by atoms with E-state index in [4.69, 9.17) is 0 Å². The van der Waals surface area contributed by atoms with E-state index in [2.05, 4.69) is 0 Å². The van der Waals surface area contributed by atoms with Gasteiger partial charge in [0.15, 0.2) is 0 Å². The molecular weight excluding hydrogens is 378 g/mol. The van der Waals surface area contributed by atoms with E-state index in [0.717, 1.165) is 36.2 Å². The first-order valence-corrected chi connectivity index (χ1v) is 10.8. The second kappa shape index (κ2) is 7.42. The molecule has 156 valence electrons. The van der Waals surface area contributed by atoms with Crippen LogP contribution in [0.2, 0.25) is 0 Å². The van der Waals surface area contributed by atoms with Crippen molar-refractivity contribution in [3.63, 3.8) is 0 Å². The molecule has 3 heterocycles. The van der Waals surface area contributed by atoms with Gasteiger partial charge >= 0.3 is 0 Å². The number of aryl methyl sites for hydroxylation is 2. The zero-order valence-electron chi connectivity index (χ0n) is 17.3. The number of likely N-dealkylation sites (tertiary alicyclic amines) is 1. The monoisotopic (exact) mass is 405 g/mol. The fraction of sp³-hybridized carbons (Fsp3) is 0.458. The fourth-order valence-electron chi connectivity index (χ4n) is 4.98. The van der Waals surface area contributed by atoms with Crippen molar-refractivity contribution >= 4 is 11.8 Å². The molecule has 1 saturated carbocycles. The molecule has 0 N–H and O–H groups in total. The molecule has 30 heavy (non-hydrogen) atoms. The van der Waals surface area contributed by atoms with Crippen molar-refractivity contribution in [3.05, 3.63) is 69.1 Å². The van der Waals surface area contributed by atoms with Gasteiger partial charge in [0.25, 0.3) is 11.5 Å². The third kappa shape index (κ3) is 3.44. The number of benzene rings is 1. The fourth-order valence-corrected chi connectivity index (χ4v) is 4.98. The minimum absolute atomic E-state index is 0.0233. The van der Waals surface area contributed by atoms with Gasteiger partial charge in [0.1, 0.15) is 5.56 Å². The van der Waals surface area contributed by atoms with Crippen molar-refractivity contribution in [2.24, 2.45) is 11.8 Å². The zero-order chi connectivity index (χ0) is 20.8. The second-order valence-corrected chi connectivity index (χ2v) is 8.90. The molecule has 2 amide bonds. The zero-order valence-corrected chi connectivity index (χ0v) is 17.3. The molecule has 0 spiro atoms. The lowest BCUT2D eigenvalue weighted by molar-refractivity contribution is -0.129. The Morgan fingerprint density at radius 1 is 1.07 bits per heavy atom. The number of aromatic nitrogens is 1. The number of pyridine rings is 1. The molecule has 1 aromatic carbocycles. The first-order valence-electron chi connectivity index (χ1n) is 10.8. The average Bonchev–Trinajstić information content (AvgIpc) is 3.37. The van der Waals surface area contributed by atoms with Crippen molar-refractivity contribution in [2.75, 3.05) is 19.6 Å². The molecule has 0 unspecified atom stereocenters. The van der Waals surface area contributed by atoms with E-state index in [9.17, 15) is 14.4 Å². The SMILES string of the molecule is CC(=O)N1CCc2c(cn(CCc3ccccc3)c(=O)c2C(=O)N2C[C@H]3C[C@H]3C2)C1. The van der Waals surface area contributed by atoms with Gasteiger partial charge in [-0.3, -0.25) is 14.4 Å². The molecule has 2 fully saturated rings. The third-order valence-corrected chi connectivity index (χ3v) is 6.88. The molecule has 0 radical (unpaired) electrons. The molecule has 1 aliphatic carbocycles. The van der Waals surface area contributed by atoms with Gasteiger partial charge in [-0.05, 0) is 47.8 Å². The van der Waals surface area contributed by atoms with Crippen LogP contribution in [0.1, 0.15) is 40.4 Å². The van der Waals surface area contributed by atoms with Crippen molar-refractivity contribution in [3.8, 4) is 0 Å². The summed E-state index contributed by atoms with van der Waals surface area (Å²) in [6.45, 7) is 4.65. The van der Waals surface area contributed by atoms with Crippen LogP contribution in [0.15, 0.2) is 41.3 Å². The van der Waals surface area contributed by atoms with Crippen LogP contribution in [-0.2, 0) is 30.7 Å². The van der Waals surface area contributed by atoms with Crippen molar-refractivity contribution in [1.82, 2.24) is 14.4 Å². The number of hydrogen-bond acceptors (Lipinski definition) is 3. The summed E-state index contributed by atoms with van der Waals surface area (Å²) < 4.78 is 1.68. The molecule has 0 bridgehead atoms. The first kappa shape index (κ1) is 19.1. The summed E-state index contributed by atoms with van der Waals surface area (Å²) in [4.78, 5) is 42.4. The molecule has 5 rings (SSSR count). The summed E-state index contributed by atoms with van der Waals surface area (Å²) in [6, 6.07) is 10.0. The molecule has 6 heteroatoms. The van der Waals surface area contributed by atoms with E-state index >= 15 is 0 Å². The Hall–Kier alpha value is -2.89. The van der Waals surface area contributed by atoms with Crippen LogP contribution >= 0.6 is 0 Å². The van der Waals surface area contributed by atoms with Gasteiger partial charge in [0, 0.05) is 45.8 Å². The molecular formula is C24H27N3O3. The smallest absolute Gasteiger partial charge is 0.263 e. The number of fused-ring (bicyclic) bond motifs is 2. The van der Waals surface area contributed by atoms with Crippen molar-refractivity contribution < 1.29 is 9.59 Å². The number of carbonyl (C=O) groups excluding carboxylic acids is 2. The minimum Gasteiger partial charge on any atom is -0.338 e. The minimum atomic E-state index is -0.188. The lowest BCUT2D eigenvalue weighted by Crippen LogP contribution is -2.42. The topological polar surface area (TPSA) is 62.6 Å². The van der Waals surface area contributed by atoms with Gasteiger partial charge in [-0.15, -0.1) is 0 Å². The number of hydrogen-bond donors (Lipinski definition) is 0. The van der Waals surface area contributed by atoms with E-state index in [1.165, 1.54) is 6.42 Å². The van der Waals surface area contributed by atoms with E-state index < -0.39 is 0 Å². The molecule has 2 aliphatic heterocycles. The Morgan fingerprint density at radius 2 is 1.80 bits per heavy atom. The molecule has 6 nitrogen and oxygen atoms in total. The summed E-state index contributed by atoms with van der Waals surface area (Å²) in [5.41, 5.74) is 3.08. The maximum atomic E-state index is 13.4. The van der Waals surface area contributed by atoms with Gasteiger partial charge in [-0.1, -0.05) is 30.3 Å². The number of carbonyl (C=O) groups is 2. The second-order valence-electron chi connectivity index (χ2n) is 8.90. The Bertz CT molecular complexity index is 1050. The van der Waals surface area contributed by atoms with Crippen molar-refractivity contribution in [1.29, 1.82) is 0 Å². The van der Waals surface area contributed by atoms with Crippen LogP contribution in [0.25, 0.3) is 0 Å². The molecule has 2 aromatic rings. The largest absolute Gasteiger partial charge is 0.338 e. The van der Waals surface area contributed by atoms with Crippen LogP contribution < -0.4 is 5.56 Å². The van der Waals surface area contributed by atoms with Gasteiger partial charge < -0.3 is 14.4 Å². The van der Waals surface area contributed by atoms with Crippen LogP contribution in [0.3, 0.4) is 0 Å². The Kier molecular flexibility index (Phi) is 4.72. The Labute approximate surface area is 176 Å². The molecule has 2 atom stereocenters. The normalized spacial score (nSPS) is 21.9. The predicted molar refractivity (Wildman–Crippen MR) is 113 cm³/mol. The van der Waals surface area contributed by atoms with Gasteiger partial charge in [0.2, 0.25) is 5.91 Å². The molecule has 1 saturated heterocycles. The highest BCUT2D eigenvalue weighted by molar-refractivity contribution is 5.96. The summed E-state index contributed by atoms with van der Waals surface area (Å²) in [5, 5.41) is 0. The maximum absolute atomic E-state index is 13.4. The van der Waals surface area contributed by atoms with E-state index in [1.807, 2.05) is 41.4 Å². The highest BCUT2D eigenvalue weighted by atomic mass is 16.2. The molecule has 3 aliphatic rings. The van der Waals surface area contributed by atoms with E-state index in [-0.39, 0.29) is 17.4 Å². The average molecular weight is 405 g/mol. The lowest BCUT2D eigenvalue weighted by Gasteiger charge is -2.30. The number of rotatable bonds is 4. The van der Waals surface area contributed by atoms with Gasteiger partial charge in [-0.2, -0.15) is 0 Å². The van der Waals surface area contributed by atoms with Gasteiger partial charge in [-0.25, -0.2) is 0 Å². The highest BCUT2D eigenvalue weighted by Crippen LogP contribution is 2.45. The maximum Gasteiger partial charge on any atom is 0.263 e. The number of piperidine rings is 1. The van der Waals surface area contributed by atoms with Crippen LogP contribution in [0.5, 0.6) is 0 Å². The van der Waals surface area contributed by atoms with Crippen LogP contribution in [0.4, 0.5) is 0 Å². The van der Waals surface area contributed by atoms with Crippen LogP contribution in [0, 0.1) is 11.8 Å². The summed E-state index contributed by atoms with van der Waals surface area (Å²) in [5.74, 6) is 1.16. The number of amides is 2.